The number of rotatable bonds is 3. The molecule has 0 aliphatic carbocycles. The summed E-state index contributed by atoms with van der Waals surface area (Å²) < 4.78 is 5.21. The van der Waals surface area contributed by atoms with Crippen LogP contribution in [0.5, 0.6) is 0 Å². The summed E-state index contributed by atoms with van der Waals surface area (Å²) in [6.07, 6.45) is 2.00. The zero-order valence-electron chi connectivity index (χ0n) is 9.23. The van der Waals surface area contributed by atoms with Gasteiger partial charge in [0.25, 0.3) is 5.89 Å². The molecule has 16 heavy (non-hydrogen) atoms. The van der Waals surface area contributed by atoms with Crippen molar-refractivity contribution in [3.63, 3.8) is 0 Å². The molecule has 0 fully saturated rings. The number of anilines is 1. The molecule has 0 radical (unpaired) electrons. The van der Waals surface area contributed by atoms with Gasteiger partial charge in [-0.15, -0.1) is 0 Å². The SMILES string of the molecule is CSCc1noc(-c2cc(N)ccc2C)n1. The molecule has 2 N–H and O–H groups in total. The quantitative estimate of drug-likeness (QED) is 0.828. The van der Waals surface area contributed by atoms with Crippen LogP contribution in [0.3, 0.4) is 0 Å². The zero-order valence-corrected chi connectivity index (χ0v) is 10.0. The third-order valence-corrected chi connectivity index (χ3v) is 2.78. The van der Waals surface area contributed by atoms with Crippen LogP contribution in [-0.2, 0) is 5.75 Å². The molecule has 0 unspecified atom stereocenters. The van der Waals surface area contributed by atoms with E-state index in [0.29, 0.717) is 17.4 Å². The van der Waals surface area contributed by atoms with Gasteiger partial charge in [0.2, 0.25) is 0 Å². The highest BCUT2D eigenvalue weighted by Gasteiger charge is 2.10. The summed E-state index contributed by atoms with van der Waals surface area (Å²) in [5.74, 6) is 2.00. The van der Waals surface area contributed by atoms with Gasteiger partial charge < -0.3 is 10.3 Å². The van der Waals surface area contributed by atoms with Crippen molar-refractivity contribution >= 4 is 17.4 Å². The van der Waals surface area contributed by atoms with Crippen molar-refractivity contribution in [1.29, 1.82) is 0 Å². The van der Waals surface area contributed by atoms with Crippen LogP contribution < -0.4 is 5.73 Å². The van der Waals surface area contributed by atoms with E-state index in [4.69, 9.17) is 10.3 Å². The minimum Gasteiger partial charge on any atom is -0.399 e. The highest BCUT2D eigenvalue weighted by Crippen LogP contribution is 2.24. The second-order valence-electron chi connectivity index (χ2n) is 3.52. The Kier molecular flexibility index (Phi) is 3.14. The number of hydrogen-bond donors (Lipinski definition) is 1. The molecule has 0 amide bonds. The summed E-state index contributed by atoms with van der Waals surface area (Å²) in [4.78, 5) is 4.32. The van der Waals surface area contributed by atoms with E-state index in [1.807, 2.05) is 31.4 Å². The Labute approximate surface area is 98.2 Å². The fourth-order valence-electron chi connectivity index (χ4n) is 1.42. The number of aromatic nitrogens is 2. The van der Waals surface area contributed by atoms with Gasteiger partial charge in [-0.25, -0.2) is 0 Å². The van der Waals surface area contributed by atoms with Gasteiger partial charge in [-0.1, -0.05) is 11.2 Å². The largest absolute Gasteiger partial charge is 0.399 e. The number of nitrogen functional groups attached to an aromatic ring is 1. The number of hydrogen-bond acceptors (Lipinski definition) is 5. The maximum atomic E-state index is 5.74. The van der Waals surface area contributed by atoms with E-state index in [2.05, 4.69) is 10.1 Å². The second kappa shape index (κ2) is 4.57. The van der Waals surface area contributed by atoms with Gasteiger partial charge in [0.15, 0.2) is 5.82 Å². The van der Waals surface area contributed by atoms with Crippen LogP contribution in [0.15, 0.2) is 22.7 Å². The Morgan fingerprint density at radius 3 is 3.00 bits per heavy atom. The van der Waals surface area contributed by atoms with Crippen molar-refractivity contribution < 1.29 is 4.52 Å². The van der Waals surface area contributed by atoms with Crippen molar-refractivity contribution in [1.82, 2.24) is 10.1 Å². The zero-order chi connectivity index (χ0) is 11.5. The minimum atomic E-state index is 0.536. The number of nitrogens with two attached hydrogens (primary N) is 1. The van der Waals surface area contributed by atoms with Crippen LogP contribution >= 0.6 is 11.8 Å². The van der Waals surface area contributed by atoms with Crippen LogP contribution in [0.4, 0.5) is 5.69 Å². The number of aryl methyl sites for hydroxylation is 1. The molecule has 1 aromatic heterocycles. The van der Waals surface area contributed by atoms with Gasteiger partial charge in [-0.05, 0) is 30.9 Å². The summed E-state index contributed by atoms with van der Waals surface area (Å²) in [7, 11) is 0. The first-order valence-electron chi connectivity index (χ1n) is 4.88. The molecule has 0 saturated carbocycles. The molecule has 4 nitrogen and oxygen atoms in total. The summed E-state index contributed by atoms with van der Waals surface area (Å²) in [5.41, 5.74) is 8.42. The lowest BCUT2D eigenvalue weighted by Gasteiger charge is -2.01. The number of nitrogens with zero attached hydrogens (tertiary/aromatic N) is 2. The molecule has 2 rings (SSSR count). The van der Waals surface area contributed by atoms with Crippen LogP contribution in [-0.4, -0.2) is 16.4 Å². The summed E-state index contributed by atoms with van der Waals surface area (Å²) in [6.45, 7) is 1.99. The molecule has 1 heterocycles. The Balaban J connectivity index is 2.38. The van der Waals surface area contributed by atoms with Crippen molar-refractivity contribution in [2.45, 2.75) is 12.7 Å². The van der Waals surface area contributed by atoms with Crippen molar-refractivity contribution in [3.05, 3.63) is 29.6 Å². The Morgan fingerprint density at radius 1 is 1.44 bits per heavy atom. The van der Waals surface area contributed by atoms with E-state index in [9.17, 15) is 0 Å². The van der Waals surface area contributed by atoms with Gasteiger partial charge >= 0.3 is 0 Å². The molecule has 0 saturated heterocycles. The van der Waals surface area contributed by atoms with E-state index in [1.165, 1.54) is 0 Å². The Bertz CT molecular complexity index is 496. The van der Waals surface area contributed by atoms with Gasteiger partial charge in [0.05, 0.1) is 5.75 Å². The molecular weight excluding hydrogens is 222 g/mol. The first kappa shape index (κ1) is 11.0. The number of thioether (sulfide) groups is 1. The van der Waals surface area contributed by atoms with E-state index < -0.39 is 0 Å². The van der Waals surface area contributed by atoms with E-state index in [1.54, 1.807) is 11.8 Å². The first-order valence-corrected chi connectivity index (χ1v) is 6.28. The van der Waals surface area contributed by atoms with Gasteiger partial charge in [-0.3, -0.25) is 0 Å². The molecule has 2 aromatic rings. The highest BCUT2D eigenvalue weighted by molar-refractivity contribution is 7.97. The maximum Gasteiger partial charge on any atom is 0.258 e. The van der Waals surface area contributed by atoms with Crippen LogP contribution in [0.1, 0.15) is 11.4 Å². The van der Waals surface area contributed by atoms with E-state index in [-0.39, 0.29) is 0 Å². The topological polar surface area (TPSA) is 64.9 Å². The highest BCUT2D eigenvalue weighted by atomic mass is 32.2. The first-order chi connectivity index (χ1) is 7.70. The molecule has 1 aromatic carbocycles. The average Bonchev–Trinajstić information content (AvgIpc) is 2.71. The maximum absolute atomic E-state index is 5.74. The lowest BCUT2D eigenvalue weighted by Crippen LogP contribution is -1.89. The van der Waals surface area contributed by atoms with Crippen LogP contribution in [0.25, 0.3) is 11.5 Å². The standard InChI is InChI=1S/C11H13N3OS/c1-7-3-4-8(12)5-9(7)11-13-10(6-16-2)14-15-11/h3-5H,6,12H2,1-2H3. The van der Waals surface area contributed by atoms with Crippen molar-refractivity contribution in [2.75, 3.05) is 12.0 Å². The molecule has 84 valence electrons. The summed E-state index contributed by atoms with van der Waals surface area (Å²) >= 11 is 1.66. The molecule has 0 bridgehead atoms. The number of benzene rings is 1. The lowest BCUT2D eigenvalue weighted by atomic mass is 10.1. The van der Waals surface area contributed by atoms with Gasteiger partial charge in [-0.2, -0.15) is 16.7 Å². The fraction of sp³-hybridized carbons (Fsp3) is 0.273. The normalized spacial score (nSPS) is 10.6. The van der Waals surface area contributed by atoms with Crippen molar-refractivity contribution in [3.8, 4) is 11.5 Å². The predicted molar refractivity (Wildman–Crippen MR) is 66.1 cm³/mol. The molecule has 0 spiro atoms. The Hall–Kier alpha value is -1.49. The van der Waals surface area contributed by atoms with E-state index >= 15 is 0 Å². The smallest absolute Gasteiger partial charge is 0.258 e. The molecule has 0 aliphatic heterocycles. The third-order valence-electron chi connectivity index (χ3n) is 2.23. The fourth-order valence-corrected chi connectivity index (χ4v) is 1.80. The molecular formula is C11H13N3OS. The van der Waals surface area contributed by atoms with Crippen molar-refractivity contribution in [2.24, 2.45) is 0 Å². The van der Waals surface area contributed by atoms with Gasteiger partial charge in [0.1, 0.15) is 0 Å². The van der Waals surface area contributed by atoms with Crippen LogP contribution in [0, 0.1) is 6.92 Å². The average molecular weight is 235 g/mol. The molecule has 0 atom stereocenters. The summed E-state index contributed by atoms with van der Waals surface area (Å²) in [5, 5.41) is 3.91. The molecule has 0 aliphatic rings. The Morgan fingerprint density at radius 2 is 2.25 bits per heavy atom. The molecule has 5 heteroatoms. The predicted octanol–water partition coefficient (Wildman–Crippen LogP) is 2.49. The third kappa shape index (κ3) is 2.19. The minimum absolute atomic E-state index is 0.536. The second-order valence-corrected chi connectivity index (χ2v) is 4.39. The van der Waals surface area contributed by atoms with E-state index in [0.717, 1.165) is 16.9 Å². The summed E-state index contributed by atoms with van der Waals surface area (Å²) in [6, 6.07) is 5.66. The van der Waals surface area contributed by atoms with Crippen LogP contribution in [0.2, 0.25) is 0 Å². The van der Waals surface area contributed by atoms with Gasteiger partial charge in [0, 0.05) is 11.3 Å². The lowest BCUT2D eigenvalue weighted by molar-refractivity contribution is 0.425. The monoisotopic (exact) mass is 235 g/mol.